The normalized spacial score (nSPS) is 16.1. The van der Waals surface area contributed by atoms with Crippen molar-refractivity contribution in [1.82, 2.24) is 9.97 Å². The summed E-state index contributed by atoms with van der Waals surface area (Å²) in [5.41, 5.74) is 1.35. The van der Waals surface area contributed by atoms with Crippen molar-refractivity contribution in [3.05, 3.63) is 17.5 Å². The van der Waals surface area contributed by atoms with Crippen molar-refractivity contribution in [2.24, 2.45) is 0 Å². The van der Waals surface area contributed by atoms with Crippen LogP contribution in [0.15, 0.2) is 6.20 Å². The third-order valence-corrected chi connectivity index (χ3v) is 5.03. The van der Waals surface area contributed by atoms with Crippen LogP contribution in [0.25, 0.3) is 0 Å². The zero-order chi connectivity index (χ0) is 14.4. The molecule has 20 heavy (non-hydrogen) atoms. The van der Waals surface area contributed by atoms with Gasteiger partial charge in [-0.25, -0.2) is 9.97 Å². The molecule has 0 saturated heterocycles. The number of aromatic nitrogens is 2. The van der Waals surface area contributed by atoms with Crippen molar-refractivity contribution in [2.75, 3.05) is 17.6 Å². The van der Waals surface area contributed by atoms with E-state index in [-0.39, 0.29) is 5.78 Å². The van der Waals surface area contributed by atoms with E-state index < -0.39 is 0 Å². The third-order valence-electron chi connectivity index (χ3n) is 3.65. The first-order valence-corrected chi connectivity index (χ1v) is 8.42. The predicted molar refractivity (Wildman–Crippen MR) is 84.6 cm³/mol. The fourth-order valence-electron chi connectivity index (χ4n) is 2.52. The molecule has 0 aromatic carbocycles. The van der Waals surface area contributed by atoms with Gasteiger partial charge < -0.3 is 5.32 Å². The van der Waals surface area contributed by atoms with Crippen LogP contribution in [-0.2, 0) is 0 Å². The van der Waals surface area contributed by atoms with Crippen LogP contribution >= 0.6 is 11.8 Å². The summed E-state index contributed by atoms with van der Waals surface area (Å²) in [5, 5.41) is 4.08. The summed E-state index contributed by atoms with van der Waals surface area (Å²) in [6, 6.07) is 0. The molecule has 1 saturated carbocycles. The minimum absolute atomic E-state index is 0.0157. The van der Waals surface area contributed by atoms with E-state index in [4.69, 9.17) is 0 Å². The lowest BCUT2D eigenvalue weighted by molar-refractivity contribution is 0.101. The summed E-state index contributed by atoms with van der Waals surface area (Å²) >= 11 is 2.06. The van der Waals surface area contributed by atoms with Crippen LogP contribution < -0.4 is 5.32 Å². The second-order valence-electron chi connectivity index (χ2n) is 5.31. The van der Waals surface area contributed by atoms with E-state index in [1.54, 1.807) is 13.1 Å². The van der Waals surface area contributed by atoms with Crippen LogP contribution in [-0.4, -0.2) is 33.3 Å². The SMILES string of the molecule is CC(=O)c1cnc(NCCSC2CCCCC2)nc1C. The summed E-state index contributed by atoms with van der Waals surface area (Å²) in [5.74, 6) is 1.72. The fraction of sp³-hybridized carbons (Fsp3) is 0.667. The van der Waals surface area contributed by atoms with Crippen molar-refractivity contribution in [3.63, 3.8) is 0 Å². The molecule has 1 aromatic heterocycles. The maximum Gasteiger partial charge on any atom is 0.222 e. The Morgan fingerprint density at radius 2 is 2.15 bits per heavy atom. The molecule has 5 heteroatoms. The molecule has 0 unspecified atom stereocenters. The monoisotopic (exact) mass is 293 g/mol. The first-order valence-electron chi connectivity index (χ1n) is 7.37. The second-order valence-corrected chi connectivity index (χ2v) is 6.71. The van der Waals surface area contributed by atoms with Gasteiger partial charge in [0, 0.05) is 23.7 Å². The summed E-state index contributed by atoms with van der Waals surface area (Å²) in [7, 11) is 0. The van der Waals surface area contributed by atoms with Crippen molar-refractivity contribution in [2.45, 2.75) is 51.2 Å². The van der Waals surface area contributed by atoms with E-state index in [1.165, 1.54) is 32.1 Å². The summed E-state index contributed by atoms with van der Waals surface area (Å²) in [6.07, 6.45) is 8.53. The average molecular weight is 293 g/mol. The Morgan fingerprint density at radius 1 is 1.40 bits per heavy atom. The zero-order valence-electron chi connectivity index (χ0n) is 12.3. The van der Waals surface area contributed by atoms with Crippen LogP contribution in [0.5, 0.6) is 0 Å². The molecule has 0 aliphatic heterocycles. The predicted octanol–water partition coefficient (Wildman–Crippen LogP) is 3.47. The molecule has 1 fully saturated rings. The molecule has 1 N–H and O–H groups in total. The number of Topliss-reactive ketones (excluding diaryl/α,β-unsaturated/α-hetero) is 1. The number of thioether (sulfide) groups is 1. The van der Waals surface area contributed by atoms with Crippen LogP contribution in [0.3, 0.4) is 0 Å². The third kappa shape index (κ3) is 4.47. The molecule has 0 atom stereocenters. The lowest BCUT2D eigenvalue weighted by atomic mass is 10.0. The number of hydrogen-bond donors (Lipinski definition) is 1. The highest BCUT2D eigenvalue weighted by Gasteiger charge is 2.13. The molecule has 110 valence electrons. The van der Waals surface area contributed by atoms with E-state index in [9.17, 15) is 4.79 Å². The number of rotatable bonds is 6. The number of carbonyl (C=O) groups is 1. The molecule has 1 heterocycles. The average Bonchev–Trinajstić information content (AvgIpc) is 2.44. The van der Waals surface area contributed by atoms with E-state index >= 15 is 0 Å². The Balaban J connectivity index is 1.73. The second kappa shape index (κ2) is 7.62. The van der Waals surface area contributed by atoms with E-state index in [2.05, 4.69) is 27.0 Å². The molecular formula is C15H23N3OS. The molecule has 4 nitrogen and oxygen atoms in total. The highest BCUT2D eigenvalue weighted by molar-refractivity contribution is 7.99. The number of hydrogen-bond acceptors (Lipinski definition) is 5. The van der Waals surface area contributed by atoms with Crippen LogP contribution in [0.4, 0.5) is 5.95 Å². The highest BCUT2D eigenvalue weighted by Crippen LogP contribution is 2.27. The minimum Gasteiger partial charge on any atom is -0.353 e. The van der Waals surface area contributed by atoms with Crippen molar-refractivity contribution >= 4 is 23.5 Å². The van der Waals surface area contributed by atoms with Gasteiger partial charge in [-0.3, -0.25) is 4.79 Å². The van der Waals surface area contributed by atoms with Crippen molar-refractivity contribution in [1.29, 1.82) is 0 Å². The van der Waals surface area contributed by atoms with Gasteiger partial charge in [0.1, 0.15) is 0 Å². The Hall–Kier alpha value is -1.10. The van der Waals surface area contributed by atoms with Crippen LogP contribution in [0.2, 0.25) is 0 Å². The van der Waals surface area contributed by atoms with Gasteiger partial charge in [0.2, 0.25) is 5.95 Å². The van der Waals surface area contributed by atoms with Gasteiger partial charge in [0.25, 0.3) is 0 Å². The molecule has 0 spiro atoms. The largest absolute Gasteiger partial charge is 0.353 e. The van der Waals surface area contributed by atoms with Crippen LogP contribution in [0, 0.1) is 6.92 Å². The molecule has 0 bridgehead atoms. The maximum atomic E-state index is 11.3. The Labute approximate surface area is 125 Å². The van der Waals surface area contributed by atoms with Gasteiger partial charge in [-0.15, -0.1) is 0 Å². The van der Waals surface area contributed by atoms with Gasteiger partial charge in [-0.1, -0.05) is 19.3 Å². The van der Waals surface area contributed by atoms with Gasteiger partial charge >= 0.3 is 0 Å². The molecular weight excluding hydrogens is 270 g/mol. The Kier molecular flexibility index (Phi) is 5.83. The minimum atomic E-state index is 0.0157. The molecule has 0 amide bonds. The Bertz CT molecular complexity index is 458. The molecule has 1 aliphatic carbocycles. The first-order chi connectivity index (χ1) is 9.66. The lowest BCUT2D eigenvalue weighted by Crippen LogP contribution is -2.14. The topological polar surface area (TPSA) is 54.9 Å². The van der Waals surface area contributed by atoms with Gasteiger partial charge in [-0.2, -0.15) is 11.8 Å². The van der Waals surface area contributed by atoms with Crippen molar-refractivity contribution in [3.8, 4) is 0 Å². The number of aryl methyl sites for hydroxylation is 1. The molecule has 0 radical (unpaired) electrons. The fourth-order valence-corrected chi connectivity index (χ4v) is 3.74. The van der Waals surface area contributed by atoms with E-state index in [0.717, 1.165) is 23.2 Å². The highest BCUT2D eigenvalue weighted by atomic mass is 32.2. The van der Waals surface area contributed by atoms with Crippen LogP contribution in [0.1, 0.15) is 55.1 Å². The number of anilines is 1. The number of carbonyl (C=O) groups excluding carboxylic acids is 1. The summed E-state index contributed by atoms with van der Waals surface area (Å²) < 4.78 is 0. The van der Waals surface area contributed by atoms with Gasteiger partial charge in [0.05, 0.1) is 11.3 Å². The van der Waals surface area contributed by atoms with E-state index in [1.807, 2.05) is 6.92 Å². The maximum absolute atomic E-state index is 11.3. The quantitative estimate of drug-likeness (QED) is 0.643. The summed E-state index contributed by atoms with van der Waals surface area (Å²) in [6.45, 7) is 4.26. The van der Waals surface area contributed by atoms with E-state index in [0.29, 0.717) is 11.5 Å². The van der Waals surface area contributed by atoms with Gasteiger partial charge in [-0.05, 0) is 26.7 Å². The molecule has 1 aliphatic rings. The Morgan fingerprint density at radius 3 is 2.80 bits per heavy atom. The lowest BCUT2D eigenvalue weighted by Gasteiger charge is -2.20. The zero-order valence-corrected chi connectivity index (χ0v) is 13.1. The van der Waals surface area contributed by atoms with Crippen molar-refractivity contribution < 1.29 is 4.79 Å². The number of nitrogens with one attached hydrogen (secondary N) is 1. The molecule has 1 aromatic rings. The standard InChI is InChI=1S/C15H23N3OS/c1-11-14(12(2)19)10-17-15(18-11)16-8-9-20-13-6-4-3-5-7-13/h10,13H,3-9H2,1-2H3,(H,16,17,18). The van der Waals surface area contributed by atoms with Gasteiger partial charge in [0.15, 0.2) is 5.78 Å². The number of ketones is 1. The smallest absolute Gasteiger partial charge is 0.222 e. The number of nitrogens with zero attached hydrogens (tertiary/aromatic N) is 2. The molecule has 2 rings (SSSR count). The summed E-state index contributed by atoms with van der Waals surface area (Å²) in [4.78, 5) is 19.8. The first kappa shape index (κ1) is 15.3.